The summed E-state index contributed by atoms with van der Waals surface area (Å²) in [6.45, 7) is 1.43. The van der Waals surface area contributed by atoms with Gasteiger partial charge in [0.25, 0.3) is 0 Å². The minimum atomic E-state index is -0.228. The lowest BCUT2D eigenvalue weighted by molar-refractivity contribution is -0.117. The minimum Gasteiger partial charge on any atom is -0.493 e. The van der Waals surface area contributed by atoms with Crippen LogP contribution in [0.15, 0.2) is 34.9 Å². The van der Waals surface area contributed by atoms with E-state index >= 15 is 0 Å². The number of amides is 1. The quantitative estimate of drug-likeness (QED) is 0.557. The molecular formula is C23H23N3O7. The number of rotatable bonds is 6. The highest BCUT2D eigenvalue weighted by atomic mass is 16.6. The summed E-state index contributed by atoms with van der Waals surface area (Å²) >= 11 is 0. The van der Waals surface area contributed by atoms with E-state index in [0.29, 0.717) is 65.8 Å². The van der Waals surface area contributed by atoms with E-state index in [1.165, 1.54) is 7.11 Å². The number of methoxy groups -OCH3 is 3. The maximum atomic E-state index is 12.8. The maximum absolute atomic E-state index is 12.8. The Morgan fingerprint density at radius 2 is 1.70 bits per heavy atom. The van der Waals surface area contributed by atoms with Gasteiger partial charge in [-0.15, -0.1) is 0 Å². The van der Waals surface area contributed by atoms with E-state index in [2.05, 4.69) is 10.1 Å². The number of anilines is 1. The Hall–Kier alpha value is -3.95. The van der Waals surface area contributed by atoms with E-state index in [-0.39, 0.29) is 18.2 Å². The Bertz CT molecular complexity index is 1170. The summed E-state index contributed by atoms with van der Waals surface area (Å²) < 4.78 is 32.9. The normalized spacial score (nSPS) is 17.2. The van der Waals surface area contributed by atoms with Crippen LogP contribution in [0.3, 0.4) is 0 Å². The predicted octanol–water partition coefficient (Wildman–Crippen LogP) is 3.05. The van der Waals surface area contributed by atoms with Crippen molar-refractivity contribution in [1.29, 1.82) is 0 Å². The standard InChI is InChI=1S/C23H23N3O7/c1-28-18-8-13(9-19(29-2)21(18)30-3)22-24-23(33-25-22)14-10-20(27)26(12-14)15-4-5-16-17(11-15)32-7-6-31-16/h4-5,8-9,11,14H,6-7,10,12H2,1-3H3/t14-/m1/s1. The van der Waals surface area contributed by atoms with E-state index in [0.717, 1.165) is 5.69 Å². The fraction of sp³-hybridized carbons (Fsp3) is 0.348. The van der Waals surface area contributed by atoms with Crippen LogP contribution < -0.4 is 28.6 Å². The summed E-state index contributed by atoms with van der Waals surface area (Å²) in [7, 11) is 4.62. The van der Waals surface area contributed by atoms with Gasteiger partial charge in [-0.2, -0.15) is 4.98 Å². The van der Waals surface area contributed by atoms with Gasteiger partial charge in [-0.3, -0.25) is 4.79 Å². The van der Waals surface area contributed by atoms with Gasteiger partial charge in [0.1, 0.15) is 13.2 Å². The Morgan fingerprint density at radius 1 is 0.970 bits per heavy atom. The van der Waals surface area contributed by atoms with Crippen LogP contribution >= 0.6 is 0 Å². The third-order valence-electron chi connectivity index (χ3n) is 5.68. The molecule has 10 nitrogen and oxygen atoms in total. The predicted molar refractivity (Wildman–Crippen MR) is 117 cm³/mol. The van der Waals surface area contributed by atoms with E-state index in [9.17, 15) is 4.79 Å². The summed E-state index contributed by atoms with van der Waals surface area (Å²) in [5, 5.41) is 4.11. The SMILES string of the molecule is COc1cc(-c2noc([C@@H]3CC(=O)N(c4ccc5c(c4)OCCO5)C3)n2)cc(OC)c1OC. The number of carbonyl (C=O) groups excluding carboxylic acids is 1. The molecule has 2 aliphatic rings. The second kappa shape index (κ2) is 8.53. The number of hydrogen-bond acceptors (Lipinski definition) is 9. The fourth-order valence-corrected chi connectivity index (χ4v) is 4.05. The van der Waals surface area contributed by atoms with Gasteiger partial charge in [-0.25, -0.2) is 0 Å². The van der Waals surface area contributed by atoms with Crippen molar-refractivity contribution in [3.05, 3.63) is 36.2 Å². The average Bonchev–Trinajstić information content (AvgIpc) is 3.49. The maximum Gasteiger partial charge on any atom is 0.232 e. The molecule has 1 fully saturated rings. The zero-order valence-corrected chi connectivity index (χ0v) is 18.5. The van der Waals surface area contributed by atoms with Gasteiger partial charge in [0.05, 0.1) is 27.2 Å². The van der Waals surface area contributed by atoms with Crippen molar-refractivity contribution in [3.8, 4) is 40.1 Å². The molecule has 0 spiro atoms. The lowest BCUT2D eigenvalue weighted by Gasteiger charge is -2.22. The molecule has 0 bridgehead atoms. The molecule has 172 valence electrons. The first-order valence-electron chi connectivity index (χ1n) is 10.4. The summed E-state index contributed by atoms with van der Waals surface area (Å²) in [6, 6.07) is 8.99. The molecule has 5 rings (SSSR count). The van der Waals surface area contributed by atoms with Gasteiger partial charge < -0.3 is 33.1 Å². The smallest absolute Gasteiger partial charge is 0.232 e. The number of nitrogens with zero attached hydrogens (tertiary/aromatic N) is 3. The van der Waals surface area contributed by atoms with E-state index in [1.54, 1.807) is 31.3 Å². The Kier molecular flexibility index (Phi) is 5.41. The van der Waals surface area contributed by atoms with Crippen molar-refractivity contribution >= 4 is 11.6 Å². The minimum absolute atomic E-state index is 0.0239. The molecule has 1 atom stereocenters. The molecule has 0 aliphatic carbocycles. The van der Waals surface area contributed by atoms with Crippen LogP contribution in [0.5, 0.6) is 28.7 Å². The first kappa shape index (κ1) is 20.9. The number of carbonyl (C=O) groups is 1. The first-order chi connectivity index (χ1) is 16.1. The largest absolute Gasteiger partial charge is 0.493 e. The molecular weight excluding hydrogens is 430 g/mol. The molecule has 0 radical (unpaired) electrons. The van der Waals surface area contributed by atoms with Crippen LogP contribution in [0, 0.1) is 0 Å². The molecule has 1 aromatic heterocycles. The van der Waals surface area contributed by atoms with E-state index in [1.807, 2.05) is 18.2 Å². The van der Waals surface area contributed by atoms with Crippen LogP contribution in [0.1, 0.15) is 18.2 Å². The van der Waals surface area contributed by atoms with Gasteiger partial charge in [0.15, 0.2) is 23.0 Å². The Labute approximate surface area is 189 Å². The van der Waals surface area contributed by atoms with Crippen LogP contribution in [0.25, 0.3) is 11.4 Å². The first-order valence-corrected chi connectivity index (χ1v) is 10.4. The zero-order chi connectivity index (χ0) is 22.9. The summed E-state index contributed by atoms with van der Waals surface area (Å²) in [5.74, 6) is 3.28. The molecule has 0 saturated carbocycles. The highest BCUT2D eigenvalue weighted by molar-refractivity contribution is 5.96. The lowest BCUT2D eigenvalue weighted by Crippen LogP contribution is -2.24. The van der Waals surface area contributed by atoms with E-state index < -0.39 is 0 Å². The van der Waals surface area contributed by atoms with Gasteiger partial charge in [-0.05, 0) is 24.3 Å². The van der Waals surface area contributed by atoms with Gasteiger partial charge in [0, 0.05) is 30.3 Å². The monoisotopic (exact) mass is 453 g/mol. The van der Waals surface area contributed by atoms with E-state index in [4.69, 9.17) is 28.2 Å². The van der Waals surface area contributed by atoms with Crippen LogP contribution in [0.2, 0.25) is 0 Å². The molecule has 2 aliphatic heterocycles. The summed E-state index contributed by atoms with van der Waals surface area (Å²) in [4.78, 5) is 19.0. The van der Waals surface area contributed by atoms with Crippen LogP contribution in [-0.2, 0) is 4.79 Å². The fourth-order valence-electron chi connectivity index (χ4n) is 4.05. The summed E-state index contributed by atoms with van der Waals surface area (Å²) in [6.07, 6.45) is 0.269. The third-order valence-corrected chi connectivity index (χ3v) is 5.68. The number of hydrogen-bond donors (Lipinski definition) is 0. The number of fused-ring (bicyclic) bond motifs is 1. The molecule has 3 aromatic rings. The summed E-state index contributed by atoms with van der Waals surface area (Å²) in [5.41, 5.74) is 1.39. The van der Waals surface area contributed by atoms with Crippen molar-refractivity contribution in [2.75, 3.05) is 46.0 Å². The molecule has 2 aromatic carbocycles. The van der Waals surface area contributed by atoms with Gasteiger partial charge in [0.2, 0.25) is 23.4 Å². The number of benzene rings is 2. The highest BCUT2D eigenvalue weighted by Crippen LogP contribution is 2.41. The molecule has 3 heterocycles. The Balaban J connectivity index is 1.38. The van der Waals surface area contributed by atoms with Crippen LogP contribution in [-0.4, -0.2) is 57.1 Å². The highest BCUT2D eigenvalue weighted by Gasteiger charge is 2.36. The molecule has 1 amide bonds. The number of aromatic nitrogens is 2. The Morgan fingerprint density at radius 3 is 2.39 bits per heavy atom. The lowest BCUT2D eigenvalue weighted by atomic mass is 10.1. The van der Waals surface area contributed by atoms with Crippen molar-refractivity contribution in [2.45, 2.75) is 12.3 Å². The van der Waals surface area contributed by atoms with Crippen LogP contribution in [0.4, 0.5) is 5.69 Å². The van der Waals surface area contributed by atoms with Crippen molar-refractivity contribution in [2.24, 2.45) is 0 Å². The molecule has 0 N–H and O–H groups in total. The molecule has 1 saturated heterocycles. The average molecular weight is 453 g/mol. The third kappa shape index (κ3) is 3.77. The van der Waals surface area contributed by atoms with Crippen molar-refractivity contribution in [1.82, 2.24) is 10.1 Å². The molecule has 0 unspecified atom stereocenters. The van der Waals surface area contributed by atoms with Gasteiger partial charge in [-0.1, -0.05) is 5.16 Å². The van der Waals surface area contributed by atoms with Crippen molar-refractivity contribution in [3.63, 3.8) is 0 Å². The number of ether oxygens (including phenoxy) is 5. The topological polar surface area (TPSA) is 105 Å². The second-order valence-electron chi connectivity index (χ2n) is 7.60. The second-order valence-corrected chi connectivity index (χ2v) is 7.60. The zero-order valence-electron chi connectivity index (χ0n) is 18.5. The molecule has 10 heteroatoms. The molecule has 33 heavy (non-hydrogen) atoms. The van der Waals surface area contributed by atoms with Crippen molar-refractivity contribution < 1.29 is 33.0 Å². The van der Waals surface area contributed by atoms with Gasteiger partial charge >= 0.3 is 0 Å².